The Hall–Kier alpha value is -1.58. The van der Waals surface area contributed by atoms with Gasteiger partial charge in [0.15, 0.2) is 0 Å². The van der Waals surface area contributed by atoms with Crippen LogP contribution in [-0.2, 0) is 4.79 Å². The SMILES string of the molecule is O=C(NC1CCN(c2ccccn2)C1)C1CCCC1. The summed E-state index contributed by atoms with van der Waals surface area (Å²) in [6, 6.07) is 6.25. The van der Waals surface area contributed by atoms with Gasteiger partial charge in [-0.1, -0.05) is 18.9 Å². The Labute approximate surface area is 114 Å². The van der Waals surface area contributed by atoms with Crippen molar-refractivity contribution in [3.63, 3.8) is 0 Å². The summed E-state index contributed by atoms with van der Waals surface area (Å²) in [6.45, 7) is 1.86. The maximum absolute atomic E-state index is 12.1. The molecule has 19 heavy (non-hydrogen) atoms. The first-order valence-electron chi connectivity index (χ1n) is 7.29. The summed E-state index contributed by atoms with van der Waals surface area (Å²) in [5.74, 6) is 1.55. The molecular weight excluding hydrogens is 238 g/mol. The van der Waals surface area contributed by atoms with Crippen molar-refractivity contribution in [1.29, 1.82) is 0 Å². The van der Waals surface area contributed by atoms with Crippen molar-refractivity contribution >= 4 is 11.7 Å². The topological polar surface area (TPSA) is 45.2 Å². The zero-order valence-corrected chi connectivity index (χ0v) is 11.2. The molecular formula is C15H21N3O. The van der Waals surface area contributed by atoms with Gasteiger partial charge >= 0.3 is 0 Å². The zero-order valence-electron chi connectivity index (χ0n) is 11.2. The lowest BCUT2D eigenvalue weighted by molar-refractivity contribution is -0.125. The van der Waals surface area contributed by atoms with Gasteiger partial charge in [0.2, 0.25) is 5.91 Å². The van der Waals surface area contributed by atoms with Crippen LogP contribution in [0.1, 0.15) is 32.1 Å². The molecule has 1 amide bonds. The first-order valence-corrected chi connectivity index (χ1v) is 7.29. The van der Waals surface area contributed by atoms with Gasteiger partial charge in [-0.15, -0.1) is 0 Å². The number of hydrogen-bond donors (Lipinski definition) is 1. The predicted molar refractivity (Wildman–Crippen MR) is 75.0 cm³/mol. The number of anilines is 1. The lowest BCUT2D eigenvalue weighted by Gasteiger charge is -2.19. The van der Waals surface area contributed by atoms with E-state index in [-0.39, 0.29) is 17.9 Å². The third-order valence-corrected chi connectivity index (χ3v) is 4.23. The van der Waals surface area contributed by atoms with Gasteiger partial charge in [0.1, 0.15) is 5.82 Å². The van der Waals surface area contributed by atoms with E-state index in [0.717, 1.165) is 38.2 Å². The average Bonchev–Trinajstić information content (AvgIpc) is 3.11. The van der Waals surface area contributed by atoms with Crippen LogP contribution in [0.15, 0.2) is 24.4 Å². The zero-order chi connectivity index (χ0) is 13.1. The van der Waals surface area contributed by atoms with Crippen molar-refractivity contribution in [3.8, 4) is 0 Å². The minimum atomic E-state index is 0.268. The Kier molecular flexibility index (Phi) is 3.67. The van der Waals surface area contributed by atoms with Gasteiger partial charge in [-0.2, -0.15) is 0 Å². The van der Waals surface area contributed by atoms with Crippen LogP contribution in [0, 0.1) is 5.92 Å². The van der Waals surface area contributed by atoms with Gasteiger partial charge in [-0.25, -0.2) is 4.98 Å². The van der Waals surface area contributed by atoms with E-state index in [1.165, 1.54) is 12.8 Å². The molecule has 4 nitrogen and oxygen atoms in total. The Morgan fingerprint density at radius 2 is 2.11 bits per heavy atom. The molecule has 102 valence electrons. The molecule has 2 fully saturated rings. The molecule has 1 N–H and O–H groups in total. The Morgan fingerprint density at radius 3 is 2.84 bits per heavy atom. The van der Waals surface area contributed by atoms with E-state index >= 15 is 0 Å². The van der Waals surface area contributed by atoms with Crippen LogP contribution in [0.4, 0.5) is 5.82 Å². The number of amides is 1. The fourth-order valence-electron chi connectivity index (χ4n) is 3.13. The van der Waals surface area contributed by atoms with Gasteiger partial charge in [-0.3, -0.25) is 4.79 Å². The quantitative estimate of drug-likeness (QED) is 0.902. The predicted octanol–water partition coefficient (Wildman–Crippen LogP) is 1.97. The summed E-state index contributed by atoms with van der Waals surface area (Å²) >= 11 is 0. The number of pyridine rings is 1. The second-order valence-electron chi connectivity index (χ2n) is 5.61. The van der Waals surface area contributed by atoms with Crippen molar-refractivity contribution < 1.29 is 4.79 Å². The molecule has 2 aliphatic rings. The van der Waals surface area contributed by atoms with Crippen LogP contribution in [0.2, 0.25) is 0 Å². The maximum atomic E-state index is 12.1. The van der Waals surface area contributed by atoms with Gasteiger partial charge in [-0.05, 0) is 31.4 Å². The van der Waals surface area contributed by atoms with Crippen LogP contribution in [0.3, 0.4) is 0 Å². The standard InChI is InChI=1S/C15H21N3O/c19-15(12-5-1-2-6-12)17-13-8-10-18(11-13)14-7-3-4-9-16-14/h3-4,7,9,12-13H,1-2,5-6,8,10-11H2,(H,17,19). The monoisotopic (exact) mass is 259 g/mol. The van der Waals surface area contributed by atoms with Gasteiger partial charge in [0, 0.05) is 31.2 Å². The molecule has 0 aromatic carbocycles. The molecule has 1 atom stereocenters. The Morgan fingerprint density at radius 1 is 1.26 bits per heavy atom. The first-order chi connectivity index (χ1) is 9.33. The van der Waals surface area contributed by atoms with Gasteiger partial charge in [0.05, 0.1) is 0 Å². The molecule has 1 saturated carbocycles. The lowest BCUT2D eigenvalue weighted by atomic mass is 10.1. The summed E-state index contributed by atoms with van der Waals surface area (Å²) in [6.07, 6.45) is 7.41. The normalized spacial score (nSPS) is 23.8. The minimum absolute atomic E-state index is 0.268. The van der Waals surface area contributed by atoms with Crippen LogP contribution in [0.25, 0.3) is 0 Å². The second-order valence-corrected chi connectivity index (χ2v) is 5.61. The Balaban J connectivity index is 1.53. The average molecular weight is 259 g/mol. The van der Waals surface area contributed by atoms with Crippen molar-refractivity contribution in [3.05, 3.63) is 24.4 Å². The van der Waals surface area contributed by atoms with Crippen LogP contribution in [-0.4, -0.2) is 30.0 Å². The van der Waals surface area contributed by atoms with E-state index in [1.807, 2.05) is 24.4 Å². The number of carbonyl (C=O) groups is 1. The molecule has 3 rings (SSSR count). The van der Waals surface area contributed by atoms with Crippen LogP contribution >= 0.6 is 0 Å². The summed E-state index contributed by atoms with van der Waals surface area (Å²) in [5, 5.41) is 3.21. The molecule has 0 radical (unpaired) electrons. The molecule has 0 spiro atoms. The molecule has 1 aliphatic heterocycles. The molecule has 1 aromatic rings. The summed E-state index contributed by atoms with van der Waals surface area (Å²) in [4.78, 5) is 18.7. The van der Waals surface area contributed by atoms with Crippen molar-refractivity contribution in [1.82, 2.24) is 10.3 Å². The molecule has 0 bridgehead atoms. The molecule has 1 aromatic heterocycles. The molecule has 1 unspecified atom stereocenters. The third kappa shape index (κ3) is 2.88. The number of hydrogen-bond acceptors (Lipinski definition) is 3. The number of nitrogens with zero attached hydrogens (tertiary/aromatic N) is 2. The van der Waals surface area contributed by atoms with Crippen molar-refractivity contribution in [2.75, 3.05) is 18.0 Å². The highest BCUT2D eigenvalue weighted by Crippen LogP contribution is 2.25. The smallest absolute Gasteiger partial charge is 0.223 e. The number of nitrogens with one attached hydrogen (secondary N) is 1. The van der Waals surface area contributed by atoms with E-state index < -0.39 is 0 Å². The van der Waals surface area contributed by atoms with E-state index in [0.29, 0.717) is 0 Å². The fraction of sp³-hybridized carbons (Fsp3) is 0.600. The van der Waals surface area contributed by atoms with Gasteiger partial charge < -0.3 is 10.2 Å². The number of carbonyl (C=O) groups excluding carboxylic acids is 1. The Bertz CT molecular complexity index is 428. The maximum Gasteiger partial charge on any atom is 0.223 e. The number of aromatic nitrogens is 1. The fourth-order valence-corrected chi connectivity index (χ4v) is 3.13. The van der Waals surface area contributed by atoms with E-state index in [2.05, 4.69) is 15.2 Å². The highest BCUT2D eigenvalue weighted by Gasteiger charge is 2.28. The number of rotatable bonds is 3. The highest BCUT2D eigenvalue weighted by molar-refractivity contribution is 5.79. The van der Waals surface area contributed by atoms with E-state index in [9.17, 15) is 4.79 Å². The largest absolute Gasteiger partial charge is 0.354 e. The van der Waals surface area contributed by atoms with Crippen LogP contribution in [0.5, 0.6) is 0 Å². The van der Waals surface area contributed by atoms with Gasteiger partial charge in [0.25, 0.3) is 0 Å². The molecule has 2 heterocycles. The third-order valence-electron chi connectivity index (χ3n) is 4.23. The molecule has 4 heteroatoms. The highest BCUT2D eigenvalue weighted by atomic mass is 16.2. The summed E-state index contributed by atoms with van der Waals surface area (Å²) in [5.41, 5.74) is 0. The van der Waals surface area contributed by atoms with Crippen LogP contribution < -0.4 is 10.2 Å². The van der Waals surface area contributed by atoms with E-state index in [4.69, 9.17) is 0 Å². The molecule has 1 saturated heterocycles. The minimum Gasteiger partial charge on any atom is -0.354 e. The summed E-state index contributed by atoms with van der Waals surface area (Å²) in [7, 11) is 0. The summed E-state index contributed by atoms with van der Waals surface area (Å²) < 4.78 is 0. The van der Waals surface area contributed by atoms with Crippen molar-refractivity contribution in [2.24, 2.45) is 5.92 Å². The van der Waals surface area contributed by atoms with E-state index in [1.54, 1.807) is 0 Å². The lowest BCUT2D eigenvalue weighted by Crippen LogP contribution is -2.40. The second kappa shape index (κ2) is 5.59. The van der Waals surface area contributed by atoms with Crippen molar-refractivity contribution in [2.45, 2.75) is 38.1 Å². The first kappa shape index (κ1) is 12.5. The molecule has 1 aliphatic carbocycles.